The maximum Gasteiger partial charge on any atom is 0.0589 e. The molecule has 0 aliphatic carbocycles. The summed E-state index contributed by atoms with van der Waals surface area (Å²) in [6.45, 7) is 7.53. The highest BCUT2D eigenvalue weighted by Gasteiger charge is 2.23. The van der Waals surface area contributed by atoms with Crippen molar-refractivity contribution in [3.63, 3.8) is 0 Å². The average Bonchev–Trinajstić information content (AvgIpc) is 2.40. The third kappa shape index (κ3) is 4.32. The van der Waals surface area contributed by atoms with Crippen LogP contribution in [0.3, 0.4) is 0 Å². The van der Waals surface area contributed by atoms with Crippen LogP contribution in [0.2, 0.25) is 0 Å². The minimum Gasteiger partial charge on any atom is -0.378 e. The van der Waals surface area contributed by atoms with Gasteiger partial charge in [0.05, 0.1) is 6.10 Å². The molecule has 1 heterocycles. The van der Waals surface area contributed by atoms with Crippen molar-refractivity contribution in [3.05, 3.63) is 35.4 Å². The van der Waals surface area contributed by atoms with Gasteiger partial charge >= 0.3 is 0 Å². The van der Waals surface area contributed by atoms with Gasteiger partial charge in [-0.05, 0) is 38.7 Å². The molecule has 2 rings (SSSR count). The van der Waals surface area contributed by atoms with E-state index in [9.17, 15) is 0 Å². The Morgan fingerprint density at radius 2 is 2.05 bits per heavy atom. The Hall–Kier alpha value is -0.860. The lowest BCUT2D eigenvalue weighted by molar-refractivity contribution is -0.00472. The summed E-state index contributed by atoms with van der Waals surface area (Å²) in [7, 11) is 0. The number of ether oxygens (including phenoxy) is 1. The number of hydrogen-bond acceptors (Lipinski definition) is 2. The highest BCUT2D eigenvalue weighted by atomic mass is 16.5. The molecule has 2 unspecified atom stereocenters. The van der Waals surface area contributed by atoms with E-state index in [4.69, 9.17) is 4.74 Å². The molecule has 1 fully saturated rings. The monoisotopic (exact) mass is 261 g/mol. The Kier molecular flexibility index (Phi) is 5.41. The molecule has 1 aromatic rings. The largest absolute Gasteiger partial charge is 0.378 e. The number of nitrogens with one attached hydrogen (secondary N) is 1. The topological polar surface area (TPSA) is 21.3 Å². The lowest BCUT2D eigenvalue weighted by Gasteiger charge is -2.32. The maximum absolute atomic E-state index is 5.81. The van der Waals surface area contributed by atoms with E-state index >= 15 is 0 Å². The first-order valence-corrected chi connectivity index (χ1v) is 7.63. The van der Waals surface area contributed by atoms with E-state index in [-0.39, 0.29) is 0 Å². The molecular weight excluding hydrogens is 234 g/mol. The summed E-state index contributed by atoms with van der Waals surface area (Å²) < 4.78 is 5.81. The van der Waals surface area contributed by atoms with E-state index in [0.29, 0.717) is 18.2 Å². The van der Waals surface area contributed by atoms with Crippen molar-refractivity contribution in [2.75, 3.05) is 6.61 Å². The summed E-state index contributed by atoms with van der Waals surface area (Å²) in [6, 6.07) is 9.87. The minimum absolute atomic E-state index is 0.422. The van der Waals surface area contributed by atoms with E-state index < -0.39 is 0 Å². The molecule has 106 valence electrons. The summed E-state index contributed by atoms with van der Waals surface area (Å²) in [4.78, 5) is 0. The summed E-state index contributed by atoms with van der Waals surface area (Å²) in [6.07, 6.45) is 5.16. The second-order valence-electron chi connectivity index (χ2n) is 5.80. The van der Waals surface area contributed by atoms with Gasteiger partial charge in [0, 0.05) is 18.7 Å². The first kappa shape index (κ1) is 14.5. The Morgan fingerprint density at radius 3 is 2.74 bits per heavy atom. The molecule has 1 aliphatic rings. The number of rotatable bonds is 5. The third-order valence-corrected chi connectivity index (χ3v) is 4.04. The smallest absolute Gasteiger partial charge is 0.0589 e. The van der Waals surface area contributed by atoms with Crippen LogP contribution in [-0.2, 0) is 4.74 Å². The lowest BCUT2D eigenvalue weighted by atomic mass is 9.98. The first-order chi connectivity index (χ1) is 9.19. The summed E-state index contributed by atoms with van der Waals surface area (Å²) in [5.74, 6) is 0. The van der Waals surface area contributed by atoms with Gasteiger partial charge in [-0.3, -0.25) is 0 Å². The van der Waals surface area contributed by atoms with Gasteiger partial charge in [0.25, 0.3) is 0 Å². The summed E-state index contributed by atoms with van der Waals surface area (Å²) in [5.41, 5.74) is 2.70. The Morgan fingerprint density at radius 1 is 1.32 bits per heavy atom. The molecule has 0 aromatic heterocycles. The van der Waals surface area contributed by atoms with E-state index in [1.165, 1.54) is 24.0 Å². The van der Waals surface area contributed by atoms with Crippen molar-refractivity contribution in [2.45, 2.75) is 64.6 Å². The molecule has 1 N–H and O–H groups in total. The number of hydrogen-bond donors (Lipinski definition) is 1. The van der Waals surface area contributed by atoms with Crippen LogP contribution in [0.1, 0.15) is 56.7 Å². The zero-order valence-electron chi connectivity index (χ0n) is 12.5. The van der Waals surface area contributed by atoms with Crippen molar-refractivity contribution in [3.8, 4) is 0 Å². The lowest BCUT2D eigenvalue weighted by Crippen LogP contribution is -2.40. The molecule has 0 bridgehead atoms. The quantitative estimate of drug-likeness (QED) is 0.865. The molecule has 1 aliphatic heterocycles. The van der Waals surface area contributed by atoms with Crippen LogP contribution in [0, 0.1) is 6.92 Å². The van der Waals surface area contributed by atoms with Crippen molar-refractivity contribution < 1.29 is 4.74 Å². The van der Waals surface area contributed by atoms with Crippen molar-refractivity contribution in [1.82, 2.24) is 5.32 Å². The first-order valence-electron chi connectivity index (χ1n) is 7.63. The van der Waals surface area contributed by atoms with Gasteiger partial charge in [-0.15, -0.1) is 0 Å². The van der Waals surface area contributed by atoms with Crippen LogP contribution in [0.15, 0.2) is 24.3 Å². The van der Waals surface area contributed by atoms with Gasteiger partial charge in [-0.25, -0.2) is 0 Å². The zero-order chi connectivity index (χ0) is 13.7. The van der Waals surface area contributed by atoms with Crippen LogP contribution in [-0.4, -0.2) is 18.8 Å². The second kappa shape index (κ2) is 7.06. The highest BCUT2D eigenvalue weighted by molar-refractivity contribution is 5.23. The van der Waals surface area contributed by atoms with Gasteiger partial charge in [-0.1, -0.05) is 43.2 Å². The second-order valence-corrected chi connectivity index (χ2v) is 5.80. The Bertz CT molecular complexity index is 371. The fraction of sp³-hybridized carbons (Fsp3) is 0.647. The normalized spacial score (nSPS) is 25.2. The molecule has 19 heavy (non-hydrogen) atoms. The number of aryl methyl sites for hydroxylation is 1. The maximum atomic E-state index is 5.81. The average molecular weight is 261 g/mol. The number of benzene rings is 1. The van der Waals surface area contributed by atoms with Gasteiger partial charge in [0.15, 0.2) is 0 Å². The Balaban J connectivity index is 1.87. The Labute approximate surface area is 117 Å². The van der Waals surface area contributed by atoms with Gasteiger partial charge in [0.2, 0.25) is 0 Å². The van der Waals surface area contributed by atoms with Crippen LogP contribution < -0.4 is 5.32 Å². The van der Waals surface area contributed by atoms with Gasteiger partial charge in [0.1, 0.15) is 0 Å². The molecule has 0 spiro atoms. The molecule has 2 nitrogen and oxygen atoms in total. The molecule has 0 radical (unpaired) electrons. The van der Waals surface area contributed by atoms with Crippen LogP contribution in [0.25, 0.3) is 0 Å². The molecule has 0 amide bonds. The molecule has 1 aromatic carbocycles. The predicted octanol–water partition coefficient (Wildman–Crippen LogP) is 3.99. The standard InChI is InChI=1S/C17H27NO/c1-4-5-17-12-16(10-11-19-17)18-14(3)15-8-6-13(2)7-9-15/h6-9,14,16-18H,4-5,10-12H2,1-3H3/t14-,16?,17?/m0/s1. The molecule has 3 atom stereocenters. The summed E-state index contributed by atoms with van der Waals surface area (Å²) >= 11 is 0. The van der Waals surface area contributed by atoms with Crippen molar-refractivity contribution in [1.29, 1.82) is 0 Å². The zero-order valence-corrected chi connectivity index (χ0v) is 12.5. The van der Waals surface area contributed by atoms with Crippen LogP contribution in [0.5, 0.6) is 0 Å². The van der Waals surface area contributed by atoms with Crippen LogP contribution >= 0.6 is 0 Å². The predicted molar refractivity (Wildman–Crippen MR) is 80.4 cm³/mol. The highest BCUT2D eigenvalue weighted by Crippen LogP contribution is 2.21. The van der Waals surface area contributed by atoms with E-state index in [1.54, 1.807) is 0 Å². The molecular formula is C17H27NO. The van der Waals surface area contributed by atoms with Gasteiger partial charge in [-0.2, -0.15) is 0 Å². The van der Waals surface area contributed by atoms with E-state index in [1.807, 2.05) is 0 Å². The molecule has 0 saturated carbocycles. The van der Waals surface area contributed by atoms with E-state index in [2.05, 4.69) is 50.4 Å². The molecule has 1 saturated heterocycles. The van der Waals surface area contributed by atoms with E-state index in [0.717, 1.165) is 19.4 Å². The molecule has 2 heteroatoms. The van der Waals surface area contributed by atoms with Crippen molar-refractivity contribution in [2.24, 2.45) is 0 Å². The van der Waals surface area contributed by atoms with Crippen LogP contribution in [0.4, 0.5) is 0 Å². The fourth-order valence-corrected chi connectivity index (χ4v) is 2.86. The third-order valence-electron chi connectivity index (χ3n) is 4.04. The minimum atomic E-state index is 0.422. The van der Waals surface area contributed by atoms with Gasteiger partial charge < -0.3 is 10.1 Å². The van der Waals surface area contributed by atoms with Crippen molar-refractivity contribution >= 4 is 0 Å². The fourth-order valence-electron chi connectivity index (χ4n) is 2.86. The summed E-state index contributed by atoms with van der Waals surface area (Å²) in [5, 5.41) is 3.76. The SMILES string of the molecule is CCCC1CC(N[C@@H](C)c2ccc(C)cc2)CCO1.